The fraction of sp³-hybridized carbons (Fsp3) is 0.455. The predicted octanol–water partition coefficient (Wildman–Crippen LogP) is 2.09. The monoisotopic (exact) mass is 210 g/mol. The summed E-state index contributed by atoms with van der Waals surface area (Å²) in [6.07, 6.45) is 2.20. The Balaban J connectivity index is 2.82. The number of amides is 1. The minimum atomic E-state index is -0.617. The van der Waals surface area contributed by atoms with Crippen molar-refractivity contribution < 1.29 is 9.18 Å². The summed E-state index contributed by atoms with van der Waals surface area (Å²) in [6, 6.07) is 2.70. The van der Waals surface area contributed by atoms with E-state index in [0.717, 1.165) is 6.42 Å². The molecule has 0 fully saturated rings. The smallest absolute Gasteiger partial charge is 0.254 e. The molecule has 0 aliphatic heterocycles. The van der Waals surface area contributed by atoms with Crippen molar-refractivity contribution in [3.8, 4) is 0 Å². The van der Waals surface area contributed by atoms with Crippen LogP contribution in [-0.2, 0) is 0 Å². The third-order valence-corrected chi connectivity index (χ3v) is 2.14. The summed E-state index contributed by atoms with van der Waals surface area (Å²) in [5.74, 6) is -0.756. The summed E-state index contributed by atoms with van der Waals surface area (Å²) in [7, 11) is 0. The second kappa shape index (κ2) is 5.44. The number of nitrogens with zero attached hydrogens (tertiary/aromatic N) is 2. The van der Waals surface area contributed by atoms with Gasteiger partial charge in [-0.25, -0.2) is 4.98 Å². The Morgan fingerprint density at radius 1 is 1.53 bits per heavy atom. The molecule has 1 aromatic rings. The molecule has 82 valence electrons. The number of halogens is 1. The summed E-state index contributed by atoms with van der Waals surface area (Å²) in [5, 5.41) is 0. The number of carbonyl (C=O) groups is 1. The van der Waals surface area contributed by atoms with E-state index < -0.39 is 5.95 Å². The summed E-state index contributed by atoms with van der Waals surface area (Å²) >= 11 is 0. The van der Waals surface area contributed by atoms with E-state index in [2.05, 4.69) is 4.98 Å². The molecule has 1 heterocycles. The van der Waals surface area contributed by atoms with Crippen LogP contribution < -0.4 is 0 Å². The van der Waals surface area contributed by atoms with Gasteiger partial charge in [0.1, 0.15) is 0 Å². The minimum absolute atomic E-state index is 0.138. The number of pyridine rings is 1. The molecule has 0 aromatic carbocycles. The molecule has 1 aromatic heterocycles. The molecule has 0 N–H and O–H groups in total. The van der Waals surface area contributed by atoms with Crippen LogP contribution in [0.3, 0.4) is 0 Å². The Bertz CT molecular complexity index is 341. The van der Waals surface area contributed by atoms with Crippen LogP contribution in [0.2, 0.25) is 0 Å². The van der Waals surface area contributed by atoms with Crippen molar-refractivity contribution in [1.29, 1.82) is 0 Å². The van der Waals surface area contributed by atoms with Gasteiger partial charge >= 0.3 is 0 Å². The maximum atomic E-state index is 12.8. The van der Waals surface area contributed by atoms with Gasteiger partial charge in [-0.3, -0.25) is 4.79 Å². The number of carbonyl (C=O) groups excluding carboxylic acids is 1. The zero-order valence-corrected chi connectivity index (χ0v) is 9.03. The molecule has 0 aliphatic rings. The molecule has 15 heavy (non-hydrogen) atoms. The number of rotatable bonds is 4. The van der Waals surface area contributed by atoms with E-state index in [9.17, 15) is 9.18 Å². The Morgan fingerprint density at radius 3 is 2.80 bits per heavy atom. The number of hydrogen-bond donors (Lipinski definition) is 0. The van der Waals surface area contributed by atoms with Crippen LogP contribution in [0.15, 0.2) is 18.3 Å². The van der Waals surface area contributed by atoms with E-state index in [4.69, 9.17) is 0 Å². The van der Waals surface area contributed by atoms with Crippen molar-refractivity contribution in [3.05, 3.63) is 29.8 Å². The van der Waals surface area contributed by atoms with Gasteiger partial charge < -0.3 is 4.90 Å². The van der Waals surface area contributed by atoms with Gasteiger partial charge in [0.2, 0.25) is 5.95 Å². The Morgan fingerprint density at radius 2 is 2.27 bits per heavy atom. The van der Waals surface area contributed by atoms with Gasteiger partial charge in [0.05, 0.1) is 0 Å². The van der Waals surface area contributed by atoms with Gasteiger partial charge in [-0.05, 0) is 19.4 Å². The van der Waals surface area contributed by atoms with Crippen LogP contribution in [0.5, 0.6) is 0 Å². The molecule has 0 saturated carbocycles. The van der Waals surface area contributed by atoms with Crippen LogP contribution in [-0.4, -0.2) is 28.9 Å². The van der Waals surface area contributed by atoms with Gasteiger partial charge in [0, 0.05) is 30.9 Å². The maximum Gasteiger partial charge on any atom is 0.254 e. The van der Waals surface area contributed by atoms with Crippen LogP contribution in [0.4, 0.5) is 4.39 Å². The quantitative estimate of drug-likeness (QED) is 0.713. The van der Waals surface area contributed by atoms with Crippen molar-refractivity contribution in [1.82, 2.24) is 9.88 Å². The molecule has 0 saturated heterocycles. The largest absolute Gasteiger partial charge is 0.339 e. The summed E-state index contributed by atoms with van der Waals surface area (Å²) in [5.41, 5.74) is 0.359. The van der Waals surface area contributed by atoms with Gasteiger partial charge in [0.25, 0.3) is 5.91 Å². The van der Waals surface area contributed by atoms with Crippen molar-refractivity contribution in [2.45, 2.75) is 20.3 Å². The molecule has 3 nitrogen and oxygen atoms in total. The van der Waals surface area contributed by atoms with E-state index in [0.29, 0.717) is 18.7 Å². The van der Waals surface area contributed by atoms with E-state index in [1.807, 2.05) is 13.8 Å². The third kappa shape index (κ3) is 3.01. The molecule has 1 amide bonds. The second-order valence-corrected chi connectivity index (χ2v) is 3.25. The maximum absolute atomic E-state index is 12.8. The highest BCUT2D eigenvalue weighted by Crippen LogP contribution is 2.06. The average molecular weight is 210 g/mol. The van der Waals surface area contributed by atoms with Crippen molar-refractivity contribution in [2.24, 2.45) is 0 Å². The Labute approximate surface area is 88.9 Å². The fourth-order valence-corrected chi connectivity index (χ4v) is 1.39. The standard InChI is InChI=1S/C11H15FN2O/c1-3-7-14(4-2)11(15)9-5-6-13-10(12)8-9/h5-6,8H,3-4,7H2,1-2H3. The van der Waals surface area contributed by atoms with Crippen LogP contribution in [0.25, 0.3) is 0 Å². The summed E-state index contributed by atoms with van der Waals surface area (Å²) in [4.78, 5) is 17.0. The normalized spacial score (nSPS) is 10.1. The van der Waals surface area contributed by atoms with Crippen molar-refractivity contribution in [3.63, 3.8) is 0 Å². The zero-order valence-electron chi connectivity index (χ0n) is 9.03. The second-order valence-electron chi connectivity index (χ2n) is 3.25. The van der Waals surface area contributed by atoms with Gasteiger partial charge in [0.15, 0.2) is 0 Å². The first-order valence-corrected chi connectivity index (χ1v) is 5.09. The van der Waals surface area contributed by atoms with E-state index in [-0.39, 0.29) is 5.91 Å². The lowest BCUT2D eigenvalue weighted by Gasteiger charge is -2.19. The van der Waals surface area contributed by atoms with Crippen molar-refractivity contribution >= 4 is 5.91 Å². The highest BCUT2D eigenvalue weighted by molar-refractivity contribution is 5.94. The predicted molar refractivity (Wildman–Crippen MR) is 56.1 cm³/mol. The molecule has 0 bridgehead atoms. The molecule has 0 aliphatic carbocycles. The molecule has 0 unspecified atom stereocenters. The Kier molecular flexibility index (Phi) is 4.21. The first kappa shape index (κ1) is 11.6. The van der Waals surface area contributed by atoms with E-state index in [1.54, 1.807) is 4.90 Å². The van der Waals surface area contributed by atoms with Gasteiger partial charge in [-0.1, -0.05) is 6.92 Å². The summed E-state index contributed by atoms with van der Waals surface area (Å²) < 4.78 is 12.8. The van der Waals surface area contributed by atoms with E-state index in [1.165, 1.54) is 18.3 Å². The molecule has 0 atom stereocenters. The molecule has 1 rings (SSSR count). The lowest BCUT2D eigenvalue weighted by molar-refractivity contribution is 0.0763. The molecule has 0 radical (unpaired) electrons. The minimum Gasteiger partial charge on any atom is -0.339 e. The summed E-state index contributed by atoms with van der Waals surface area (Å²) in [6.45, 7) is 5.24. The van der Waals surface area contributed by atoms with Crippen LogP contribution in [0, 0.1) is 5.95 Å². The highest BCUT2D eigenvalue weighted by atomic mass is 19.1. The molecule has 0 spiro atoms. The average Bonchev–Trinajstić information content (AvgIpc) is 2.25. The fourth-order valence-electron chi connectivity index (χ4n) is 1.39. The first-order chi connectivity index (χ1) is 7.19. The lowest BCUT2D eigenvalue weighted by atomic mass is 10.2. The van der Waals surface area contributed by atoms with Gasteiger partial charge in [-0.2, -0.15) is 4.39 Å². The Hall–Kier alpha value is -1.45. The van der Waals surface area contributed by atoms with E-state index >= 15 is 0 Å². The molecular formula is C11H15FN2O. The number of aromatic nitrogens is 1. The third-order valence-electron chi connectivity index (χ3n) is 2.14. The van der Waals surface area contributed by atoms with Crippen LogP contribution in [0.1, 0.15) is 30.6 Å². The van der Waals surface area contributed by atoms with Gasteiger partial charge in [-0.15, -0.1) is 0 Å². The molecular weight excluding hydrogens is 195 g/mol. The topological polar surface area (TPSA) is 33.2 Å². The molecule has 4 heteroatoms. The number of hydrogen-bond acceptors (Lipinski definition) is 2. The zero-order chi connectivity index (χ0) is 11.3. The first-order valence-electron chi connectivity index (χ1n) is 5.09. The van der Waals surface area contributed by atoms with Crippen molar-refractivity contribution in [2.75, 3.05) is 13.1 Å². The lowest BCUT2D eigenvalue weighted by Crippen LogP contribution is -2.31. The highest BCUT2D eigenvalue weighted by Gasteiger charge is 2.13. The SMILES string of the molecule is CCCN(CC)C(=O)c1ccnc(F)c1. The van der Waals surface area contributed by atoms with Crippen LogP contribution >= 0.6 is 0 Å².